The Morgan fingerprint density at radius 1 is 1.38 bits per heavy atom. The van der Waals surface area contributed by atoms with Crippen LogP contribution in [-0.2, 0) is 9.53 Å². The van der Waals surface area contributed by atoms with Gasteiger partial charge in [-0.15, -0.1) is 0 Å². The van der Waals surface area contributed by atoms with Crippen LogP contribution in [0.5, 0.6) is 0 Å². The molecule has 5 nitrogen and oxygen atoms in total. The van der Waals surface area contributed by atoms with Crippen LogP contribution >= 0.6 is 0 Å². The van der Waals surface area contributed by atoms with Gasteiger partial charge in [-0.2, -0.15) is 0 Å². The Kier molecular flexibility index (Phi) is 4.70. The van der Waals surface area contributed by atoms with E-state index >= 15 is 0 Å². The smallest absolute Gasteiger partial charge is 0.242 e. The van der Waals surface area contributed by atoms with Crippen molar-refractivity contribution < 1.29 is 9.53 Å². The van der Waals surface area contributed by atoms with E-state index in [-0.39, 0.29) is 5.91 Å². The van der Waals surface area contributed by atoms with E-state index in [0.29, 0.717) is 19.8 Å². The number of carbonyl (C=O) groups excluding carboxylic acids is 1. The van der Waals surface area contributed by atoms with Crippen molar-refractivity contribution in [2.75, 3.05) is 46.4 Å². The lowest BCUT2D eigenvalue weighted by atomic mass is 9.98. The maximum atomic E-state index is 12.0. The van der Waals surface area contributed by atoms with Crippen molar-refractivity contribution in [1.29, 1.82) is 0 Å². The molecule has 1 saturated heterocycles. The normalized spacial score (nSPS) is 21.5. The summed E-state index contributed by atoms with van der Waals surface area (Å²) in [6, 6.07) is 0. The van der Waals surface area contributed by atoms with Gasteiger partial charge in [-0.25, -0.2) is 0 Å². The van der Waals surface area contributed by atoms with Gasteiger partial charge in [0.25, 0.3) is 0 Å². The summed E-state index contributed by atoms with van der Waals surface area (Å²) in [6.45, 7) is 8.18. The Hall–Kier alpha value is -0.650. The highest BCUT2D eigenvalue weighted by atomic mass is 16.5. The highest BCUT2D eigenvalue weighted by molar-refractivity contribution is 5.86. The molecule has 0 aromatic carbocycles. The number of piperazine rings is 1. The van der Waals surface area contributed by atoms with E-state index in [4.69, 9.17) is 10.5 Å². The van der Waals surface area contributed by atoms with Gasteiger partial charge in [-0.3, -0.25) is 9.69 Å². The lowest BCUT2D eigenvalue weighted by Crippen LogP contribution is -2.62. The van der Waals surface area contributed by atoms with Crippen molar-refractivity contribution in [3.05, 3.63) is 0 Å². The van der Waals surface area contributed by atoms with Gasteiger partial charge < -0.3 is 15.4 Å². The Morgan fingerprint density at radius 2 is 2.06 bits per heavy atom. The van der Waals surface area contributed by atoms with Crippen LogP contribution in [-0.4, -0.2) is 67.7 Å². The average Bonchev–Trinajstić information content (AvgIpc) is 2.24. The van der Waals surface area contributed by atoms with E-state index < -0.39 is 5.54 Å². The molecule has 2 N–H and O–H groups in total. The van der Waals surface area contributed by atoms with Crippen LogP contribution in [0.2, 0.25) is 0 Å². The number of hydrogen-bond acceptors (Lipinski definition) is 4. The molecule has 16 heavy (non-hydrogen) atoms. The molecule has 0 radical (unpaired) electrons. The molecule has 1 amide bonds. The maximum Gasteiger partial charge on any atom is 0.242 e. The Morgan fingerprint density at radius 3 is 2.69 bits per heavy atom. The predicted molar refractivity (Wildman–Crippen MR) is 63.2 cm³/mol. The van der Waals surface area contributed by atoms with Crippen LogP contribution in [0.1, 0.15) is 13.8 Å². The quantitative estimate of drug-likeness (QED) is 0.647. The molecule has 0 aromatic heterocycles. The Bertz CT molecular complexity index is 243. The Labute approximate surface area is 97.5 Å². The van der Waals surface area contributed by atoms with Gasteiger partial charge in [0.15, 0.2) is 0 Å². The van der Waals surface area contributed by atoms with E-state index in [9.17, 15) is 4.79 Å². The first-order chi connectivity index (χ1) is 7.50. The molecule has 0 spiro atoms. The second kappa shape index (κ2) is 5.61. The molecule has 0 unspecified atom stereocenters. The second-order valence-electron chi connectivity index (χ2n) is 4.67. The fourth-order valence-corrected chi connectivity index (χ4v) is 2.01. The van der Waals surface area contributed by atoms with E-state index in [1.54, 1.807) is 4.90 Å². The zero-order valence-corrected chi connectivity index (χ0v) is 10.5. The molecule has 0 atom stereocenters. The number of carbonyl (C=O) groups is 1. The van der Waals surface area contributed by atoms with Gasteiger partial charge in [-0.05, 0) is 13.8 Å². The molecule has 1 fully saturated rings. The number of hydrogen-bond donors (Lipinski definition) is 1. The minimum Gasteiger partial charge on any atom is -0.379 e. The van der Waals surface area contributed by atoms with Gasteiger partial charge in [0.1, 0.15) is 0 Å². The number of amides is 1. The average molecular weight is 229 g/mol. The summed E-state index contributed by atoms with van der Waals surface area (Å²) in [4.78, 5) is 15.9. The fourth-order valence-electron chi connectivity index (χ4n) is 2.01. The molecule has 1 rings (SSSR count). The summed E-state index contributed by atoms with van der Waals surface area (Å²) in [5.74, 6) is 0.178. The molecule has 0 aliphatic carbocycles. The zero-order chi connectivity index (χ0) is 12.2. The summed E-state index contributed by atoms with van der Waals surface area (Å²) in [6.07, 6.45) is 0. The third-order valence-corrected chi connectivity index (χ3v) is 3.13. The van der Waals surface area contributed by atoms with Crippen LogP contribution in [0.15, 0.2) is 0 Å². The molecule has 1 aliphatic heterocycles. The number of likely N-dealkylation sites (N-methyl/N-ethyl adjacent to an activating group) is 1. The second-order valence-corrected chi connectivity index (χ2v) is 4.67. The summed E-state index contributed by atoms with van der Waals surface area (Å²) in [7, 11) is 1.85. The number of nitrogens with zero attached hydrogens (tertiary/aromatic N) is 2. The third kappa shape index (κ3) is 2.93. The van der Waals surface area contributed by atoms with Crippen molar-refractivity contribution >= 4 is 5.91 Å². The third-order valence-electron chi connectivity index (χ3n) is 3.13. The lowest BCUT2D eigenvalue weighted by Gasteiger charge is -2.44. The van der Waals surface area contributed by atoms with Crippen molar-refractivity contribution in [1.82, 2.24) is 9.80 Å². The number of ether oxygens (including phenoxy) is 1. The van der Waals surface area contributed by atoms with E-state index in [1.807, 2.05) is 20.9 Å². The number of nitrogens with two attached hydrogens (primary N) is 1. The summed E-state index contributed by atoms with van der Waals surface area (Å²) < 4.78 is 5.35. The van der Waals surface area contributed by atoms with Crippen molar-refractivity contribution in [2.24, 2.45) is 5.73 Å². The van der Waals surface area contributed by atoms with Crippen LogP contribution in [0, 0.1) is 0 Å². The SMILES string of the molecule is CN1CCN(CCOCCN)C(C)(C)C1=O. The topological polar surface area (TPSA) is 58.8 Å². The number of rotatable bonds is 5. The zero-order valence-electron chi connectivity index (χ0n) is 10.5. The predicted octanol–water partition coefficient (Wildman–Crippen LogP) is -0.486. The van der Waals surface area contributed by atoms with Crippen LogP contribution in [0.25, 0.3) is 0 Å². The van der Waals surface area contributed by atoms with Crippen LogP contribution < -0.4 is 5.73 Å². The fraction of sp³-hybridized carbons (Fsp3) is 0.909. The summed E-state index contributed by atoms with van der Waals surface area (Å²) >= 11 is 0. The first kappa shape index (κ1) is 13.4. The minimum absolute atomic E-state index is 0.178. The molecule has 1 heterocycles. The van der Waals surface area contributed by atoms with Crippen LogP contribution in [0.4, 0.5) is 0 Å². The largest absolute Gasteiger partial charge is 0.379 e. The molecule has 5 heteroatoms. The molecule has 1 aliphatic rings. The monoisotopic (exact) mass is 229 g/mol. The van der Waals surface area contributed by atoms with Gasteiger partial charge in [-0.1, -0.05) is 0 Å². The van der Waals surface area contributed by atoms with Gasteiger partial charge in [0, 0.05) is 33.2 Å². The molecular weight excluding hydrogens is 206 g/mol. The highest BCUT2D eigenvalue weighted by Crippen LogP contribution is 2.20. The van der Waals surface area contributed by atoms with Gasteiger partial charge >= 0.3 is 0 Å². The van der Waals surface area contributed by atoms with Crippen molar-refractivity contribution in [2.45, 2.75) is 19.4 Å². The van der Waals surface area contributed by atoms with Crippen LogP contribution in [0.3, 0.4) is 0 Å². The maximum absolute atomic E-state index is 12.0. The molecular formula is C11H23N3O2. The Balaban J connectivity index is 2.44. The first-order valence-electron chi connectivity index (χ1n) is 5.78. The van der Waals surface area contributed by atoms with Crippen molar-refractivity contribution in [3.8, 4) is 0 Å². The van der Waals surface area contributed by atoms with Gasteiger partial charge in [0.2, 0.25) is 5.91 Å². The van der Waals surface area contributed by atoms with Gasteiger partial charge in [0.05, 0.1) is 18.8 Å². The summed E-state index contributed by atoms with van der Waals surface area (Å²) in [5.41, 5.74) is 4.92. The molecule has 0 saturated carbocycles. The molecule has 0 aromatic rings. The molecule has 94 valence electrons. The summed E-state index contributed by atoms with van der Waals surface area (Å²) in [5, 5.41) is 0. The van der Waals surface area contributed by atoms with E-state index in [1.165, 1.54) is 0 Å². The van der Waals surface area contributed by atoms with E-state index in [0.717, 1.165) is 19.6 Å². The standard InChI is InChI=1S/C11H23N3O2/c1-11(2)10(15)13(3)5-6-14(11)7-9-16-8-4-12/h4-9,12H2,1-3H3. The van der Waals surface area contributed by atoms with Crippen molar-refractivity contribution in [3.63, 3.8) is 0 Å². The minimum atomic E-state index is -0.418. The molecule has 0 bridgehead atoms. The first-order valence-corrected chi connectivity index (χ1v) is 5.78. The highest BCUT2D eigenvalue weighted by Gasteiger charge is 2.39. The lowest BCUT2D eigenvalue weighted by molar-refractivity contribution is -0.147. The van der Waals surface area contributed by atoms with E-state index in [2.05, 4.69) is 4.90 Å².